The first-order chi connectivity index (χ1) is 7.83. The quantitative estimate of drug-likeness (QED) is 0.723. The molecular weight excluding hydrogens is 232 g/mol. The SMILES string of the molecule is COC(=O)C(C)SC1CC2CCC1(C)C2(C)C. The lowest BCUT2D eigenvalue weighted by Gasteiger charge is -2.39. The van der Waals surface area contributed by atoms with Gasteiger partial charge in [-0.25, -0.2) is 0 Å². The molecular formula is C14H24O2S. The van der Waals surface area contributed by atoms with Crippen molar-refractivity contribution in [3.63, 3.8) is 0 Å². The lowest BCUT2D eigenvalue weighted by atomic mass is 9.71. The number of ether oxygens (including phenoxy) is 1. The van der Waals surface area contributed by atoms with Gasteiger partial charge in [-0.2, -0.15) is 0 Å². The molecule has 2 fully saturated rings. The van der Waals surface area contributed by atoms with E-state index in [1.54, 1.807) is 0 Å². The minimum atomic E-state index is -0.0841. The zero-order chi connectivity index (χ0) is 12.8. The lowest BCUT2D eigenvalue weighted by molar-refractivity contribution is -0.139. The van der Waals surface area contributed by atoms with Crippen molar-refractivity contribution in [2.24, 2.45) is 16.7 Å². The van der Waals surface area contributed by atoms with Gasteiger partial charge in [0.25, 0.3) is 0 Å². The molecule has 2 rings (SSSR count). The van der Waals surface area contributed by atoms with Crippen molar-refractivity contribution in [2.75, 3.05) is 7.11 Å². The number of hydrogen-bond acceptors (Lipinski definition) is 3. The summed E-state index contributed by atoms with van der Waals surface area (Å²) < 4.78 is 4.83. The van der Waals surface area contributed by atoms with Gasteiger partial charge < -0.3 is 4.74 Å². The van der Waals surface area contributed by atoms with Gasteiger partial charge in [0, 0.05) is 5.25 Å². The predicted molar refractivity (Wildman–Crippen MR) is 72.1 cm³/mol. The second-order valence-electron chi connectivity index (χ2n) is 6.40. The molecule has 0 N–H and O–H groups in total. The first-order valence-corrected chi connectivity index (χ1v) is 7.50. The number of hydrogen-bond donors (Lipinski definition) is 0. The molecule has 0 aromatic carbocycles. The molecule has 0 aliphatic heterocycles. The molecule has 0 heterocycles. The zero-order valence-electron chi connectivity index (χ0n) is 11.6. The molecule has 4 unspecified atom stereocenters. The van der Waals surface area contributed by atoms with E-state index >= 15 is 0 Å². The van der Waals surface area contributed by atoms with Crippen molar-refractivity contribution in [1.82, 2.24) is 0 Å². The van der Waals surface area contributed by atoms with E-state index in [4.69, 9.17) is 4.74 Å². The van der Waals surface area contributed by atoms with Crippen LogP contribution in [0.3, 0.4) is 0 Å². The summed E-state index contributed by atoms with van der Waals surface area (Å²) in [4.78, 5) is 11.5. The number of methoxy groups -OCH3 is 1. The fraction of sp³-hybridized carbons (Fsp3) is 0.929. The standard InChI is InChI=1S/C14H24O2S/c1-9(12(15)16-5)17-11-8-10-6-7-14(11,4)13(10,2)3/h9-11H,6-8H2,1-5H3. The van der Waals surface area contributed by atoms with E-state index < -0.39 is 0 Å². The van der Waals surface area contributed by atoms with Crippen LogP contribution in [0.1, 0.15) is 47.0 Å². The normalized spacial score (nSPS) is 40.3. The van der Waals surface area contributed by atoms with Gasteiger partial charge in [0.2, 0.25) is 0 Å². The Morgan fingerprint density at radius 3 is 2.47 bits per heavy atom. The Bertz CT molecular complexity index is 326. The number of carbonyl (C=O) groups is 1. The van der Waals surface area contributed by atoms with Gasteiger partial charge in [-0.1, -0.05) is 20.8 Å². The molecule has 0 saturated heterocycles. The maximum Gasteiger partial charge on any atom is 0.318 e. The zero-order valence-corrected chi connectivity index (χ0v) is 12.4. The van der Waals surface area contributed by atoms with Gasteiger partial charge in [0.05, 0.1) is 12.4 Å². The maximum absolute atomic E-state index is 11.5. The first-order valence-electron chi connectivity index (χ1n) is 6.56. The molecule has 2 bridgehead atoms. The third-order valence-electron chi connectivity index (χ3n) is 5.62. The van der Waals surface area contributed by atoms with Crippen LogP contribution in [0.4, 0.5) is 0 Å². The van der Waals surface area contributed by atoms with Crippen LogP contribution in [-0.4, -0.2) is 23.6 Å². The Balaban J connectivity index is 2.08. The van der Waals surface area contributed by atoms with E-state index in [2.05, 4.69) is 20.8 Å². The topological polar surface area (TPSA) is 26.3 Å². The van der Waals surface area contributed by atoms with Crippen LogP contribution in [-0.2, 0) is 9.53 Å². The summed E-state index contributed by atoms with van der Waals surface area (Å²) >= 11 is 1.83. The van der Waals surface area contributed by atoms with Crippen LogP contribution >= 0.6 is 11.8 Å². The molecule has 0 radical (unpaired) electrons. The van der Waals surface area contributed by atoms with Crippen LogP contribution in [0.2, 0.25) is 0 Å². The molecule has 2 aliphatic rings. The maximum atomic E-state index is 11.5. The average Bonchev–Trinajstić information content (AvgIpc) is 2.60. The van der Waals surface area contributed by atoms with Crippen LogP contribution in [0.15, 0.2) is 0 Å². The third-order valence-corrected chi connectivity index (χ3v) is 7.26. The molecule has 0 aromatic heterocycles. The monoisotopic (exact) mass is 256 g/mol. The van der Waals surface area contributed by atoms with Gasteiger partial charge in [0.1, 0.15) is 0 Å². The van der Waals surface area contributed by atoms with Gasteiger partial charge in [-0.05, 0) is 42.9 Å². The van der Waals surface area contributed by atoms with Crippen molar-refractivity contribution in [3.05, 3.63) is 0 Å². The van der Waals surface area contributed by atoms with E-state index in [1.165, 1.54) is 26.4 Å². The predicted octanol–water partition coefficient (Wildman–Crippen LogP) is 3.50. The van der Waals surface area contributed by atoms with Crippen LogP contribution < -0.4 is 0 Å². The summed E-state index contributed by atoms with van der Waals surface area (Å²) in [6, 6.07) is 0. The fourth-order valence-electron chi connectivity index (χ4n) is 3.80. The minimum absolute atomic E-state index is 0.0306. The van der Waals surface area contributed by atoms with Crippen molar-refractivity contribution in [2.45, 2.75) is 57.5 Å². The Morgan fingerprint density at radius 2 is 2.06 bits per heavy atom. The summed E-state index contributed by atoms with van der Waals surface area (Å²) in [5.74, 6) is 0.758. The summed E-state index contributed by atoms with van der Waals surface area (Å²) in [7, 11) is 1.48. The molecule has 98 valence electrons. The van der Waals surface area contributed by atoms with Crippen molar-refractivity contribution in [1.29, 1.82) is 0 Å². The molecule has 2 nitrogen and oxygen atoms in total. The molecule has 3 heteroatoms. The van der Waals surface area contributed by atoms with E-state index in [0.717, 1.165) is 5.92 Å². The number of rotatable bonds is 3. The summed E-state index contributed by atoms with van der Waals surface area (Å²) in [5.41, 5.74) is 0.825. The summed E-state index contributed by atoms with van der Waals surface area (Å²) in [6.07, 6.45) is 3.96. The highest BCUT2D eigenvalue weighted by Gasteiger charge is 2.61. The largest absolute Gasteiger partial charge is 0.468 e. The second-order valence-corrected chi connectivity index (χ2v) is 7.95. The molecule has 0 amide bonds. The highest BCUT2D eigenvalue weighted by atomic mass is 32.2. The number of fused-ring (bicyclic) bond motifs is 2. The van der Waals surface area contributed by atoms with E-state index in [-0.39, 0.29) is 11.2 Å². The van der Waals surface area contributed by atoms with Gasteiger partial charge >= 0.3 is 5.97 Å². The molecule has 0 aromatic rings. The highest BCUT2D eigenvalue weighted by molar-refractivity contribution is 8.01. The average molecular weight is 256 g/mol. The van der Waals surface area contributed by atoms with Crippen molar-refractivity contribution in [3.8, 4) is 0 Å². The van der Waals surface area contributed by atoms with Crippen LogP contribution in [0.5, 0.6) is 0 Å². The minimum Gasteiger partial charge on any atom is -0.468 e. The second kappa shape index (κ2) is 4.18. The van der Waals surface area contributed by atoms with Gasteiger partial charge in [-0.15, -0.1) is 11.8 Å². The Labute approximate surface area is 109 Å². The molecule has 4 atom stereocenters. The lowest BCUT2D eigenvalue weighted by Crippen LogP contribution is -2.35. The van der Waals surface area contributed by atoms with Crippen molar-refractivity contribution >= 4 is 17.7 Å². The Morgan fingerprint density at radius 1 is 1.41 bits per heavy atom. The van der Waals surface area contributed by atoms with Gasteiger partial charge in [0.15, 0.2) is 0 Å². The van der Waals surface area contributed by atoms with Crippen LogP contribution in [0.25, 0.3) is 0 Å². The smallest absolute Gasteiger partial charge is 0.318 e. The van der Waals surface area contributed by atoms with Crippen molar-refractivity contribution < 1.29 is 9.53 Å². The summed E-state index contributed by atoms with van der Waals surface area (Å²) in [6.45, 7) is 9.21. The number of esters is 1. The van der Waals surface area contributed by atoms with Crippen LogP contribution in [0, 0.1) is 16.7 Å². The first kappa shape index (κ1) is 13.3. The molecule has 2 saturated carbocycles. The third kappa shape index (κ3) is 1.81. The Kier molecular flexibility index (Phi) is 3.26. The van der Waals surface area contributed by atoms with E-state index in [9.17, 15) is 4.79 Å². The van der Waals surface area contributed by atoms with E-state index in [0.29, 0.717) is 16.1 Å². The molecule has 2 aliphatic carbocycles. The summed E-state index contributed by atoms with van der Waals surface area (Å²) in [5, 5.41) is 0.585. The number of thioether (sulfide) groups is 1. The van der Waals surface area contributed by atoms with Gasteiger partial charge in [-0.3, -0.25) is 4.79 Å². The highest BCUT2D eigenvalue weighted by Crippen LogP contribution is 2.68. The fourth-order valence-corrected chi connectivity index (χ4v) is 5.57. The Hall–Kier alpha value is -0.180. The molecule has 17 heavy (non-hydrogen) atoms. The molecule has 0 spiro atoms. The van der Waals surface area contributed by atoms with E-state index in [1.807, 2.05) is 18.7 Å². The number of carbonyl (C=O) groups excluding carboxylic acids is 1.